The van der Waals surface area contributed by atoms with Gasteiger partial charge in [-0.1, -0.05) is 0 Å². The Morgan fingerprint density at radius 3 is 2.52 bits per heavy atom. The lowest BCUT2D eigenvalue weighted by atomic mass is 10.2. The van der Waals surface area contributed by atoms with Crippen LogP contribution < -0.4 is 15.7 Å². The van der Waals surface area contributed by atoms with Crippen molar-refractivity contribution in [1.29, 1.82) is 5.26 Å². The van der Waals surface area contributed by atoms with Crippen LogP contribution in [-0.4, -0.2) is 32.2 Å². The predicted molar refractivity (Wildman–Crippen MR) is 114 cm³/mol. The number of fused-ring (bicyclic) bond motifs is 1. The largest absolute Gasteiger partial charge is 0.497 e. The van der Waals surface area contributed by atoms with E-state index in [0.29, 0.717) is 34.2 Å². The number of ether oxygens (including phenoxy) is 1. The summed E-state index contributed by atoms with van der Waals surface area (Å²) in [5, 5.41) is 15.9. The van der Waals surface area contributed by atoms with Gasteiger partial charge < -0.3 is 10.1 Å². The Kier molecular flexibility index (Phi) is 5.20. The number of nitriles is 1. The third kappa shape index (κ3) is 4.00. The molecule has 0 aliphatic heterocycles. The van der Waals surface area contributed by atoms with Crippen LogP contribution in [0, 0.1) is 18.3 Å². The van der Waals surface area contributed by atoms with Crippen LogP contribution >= 0.6 is 0 Å². The monoisotopic (exact) mass is 414 g/mol. The van der Waals surface area contributed by atoms with Crippen molar-refractivity contribution in [3.05, 3.63) is 76.3 Å². The summed E-state index contributed by atoms with van der Waals surface area (Å²) in [5.74, 6) is 0.711. The van der Waals surface area contributed by atoms with Crippen LogP contribution in [0.25, 0.3) is 17.0 Å². The lowest BCUT2D eigenvalue weighted by Crippen LogP contribution is -2.28. The molecule has 2 aromatic heterocycles. The van der Waals surface area contributed by atoms with E-state index >= 15 is 0 Å². The van der Waals surface area contributed by atoms with Crippen molar-refractivity contribution >= 4 is 17.2 Å². The Morgan fingerprint density at radius 2 is 1.87 bits per heavy atom. The van der Waals surface area contributed by atoms with Crippen LogP contribution in [0.2, 0.25) is 0 Å². The van der Waals surface area contributed by atoms with Gasteiger partial charge in [0.05, 0.1) is 18.7 Å². The highest BCUT2D eigenvalue weighted by molar-refractivity contribution is 5.90. The van der Waals surface area contributed by atoms with Gasteiger partial charge in [0.1, 0.15) is 18.1 Å². The molecule has 4 aromatic rings. The number of aromatic nitrogens is 4. The van der Waals surface area contributed by atoms with Crippen molar-refractivity contribution in [3.63, 3.8) is 0 Å². The summed E-state index contributed by atoms with van der Waals surface area (Å²) >= 11 is 0. The number of anilines is 1. The Labute approximate surface area is 177 Å². The smallest absolute Gasteiger partial charge is 0.352 e. The average molecular weight is 414 g/mol. The second-order valence-electron chi connectivity index (χ2n) is 6.82. The number of nitrogens with one attached hydrogen (secondary N) is 1. The molecule has 0 unspecified atom stereocenters. The quantitative estimate of drug-likeness (QED) is 0.536. The van der Waals surface area contributed by atoms with E-state index in [1.54, 1.807) is 61.7 Å². The van der Waals surface area contributed by atoms with E-state index in [-0.39, 0.29) is 6.54 Å². The minimum Gasteiger partial charge on any atom is -0.497 e. The zero-order chi connectivity index (χ0) is 22.0. The summed E-state index contributed by atoms with van der Waals surface area (Å²) in [4.78, 5) is 30.0. The van der Waals surface area contributed by atoms with Gasteiger partial charge in [0.25, 0.3) is 0 Å². The van der Waals surface area contributed by atoms with Crippen LogP contribution in [0.15, 0.2) is 59.4 Å². The third-order valence-corrected chi connectivity index (χ3v) is 4.64. The Bertz CT molecular complexity index is 1360. The van der Waals surface area contributed by atoms with Crippen LogP contribution in [0.1, 0.15) is 11.3 Å². The molecule has 2 aromatic carbocycles. The maximum Gasteiger partial charge on any atom is 0.352 e. The predicted octanol–water partition coefficient (Wildman–Crippen LogP) is 2.39. The van der Waals surface area contributed by atoms with Gasteiger partial charge in [-0.3, -0.25) is 4.79 Å². The molecular weight excluding hydrogens is 396 g/mol. The maximum absolute atomic E-state index is 13.0. The van der Waals surface area contributed by atoms with E-state index in [4.69, 9.17) is 10.00 Å². The van der Waals surface area contributed by atoms with E-state index in [9.17, 15) is 9.59 Å². The van der Waals surface area contributed by atoms with Crippen molar-refractivity contribution in [2.75, 3.05) is 12.4 Å². The van der Waals surface area contributed by atoms with Crippen molar-refractivity contribution in [3.8, 4) is 23.2 Å². The van der Waals surface area contributed by atoms with Gasteiger partial charge in [-0.2, -0.15) is 5.26 Å². The lowest BCUT2D eigenvalue weighted by Gasteiger charge is -2.06. The normalized spacial score (nSPS) is 10.6. The molecule has 0 aliphatic carbocycles. The van der Waals surface area contributed by atoms with Gasteiger partial charge in [0, 0.05) is 23.0 Å². The molecule has 1 N–H and O–H groups in total. The molecule has 4 rings (SSSR count). The zero-order valence-corrected chi connectivity index (χ0v) is 16.9. The number of hydrogen-bond donors (Lipinski definition) is 1. The first-order chi connectivity index (χ1) is 15.0. The number of aryl methyl sites for hydroxylation is 1. The fraction of sp³-hybridized carbons (Fsp3) is 0.136. The van der Waals surface area contributed by atoms with E-state index in [1.165, 1.54) is 4.40 Å². The number of carbonyl (C=O) groups is 1. The summed E-state index contributed by atoms with van der Waals surface area (Å²) in [5.41, 5.74) is 2.36. The molecule has 9 heteroatoms. The van der Waals surface area contributed by atoms with Gasteiger partial charge in [-0.05, 0) is 55.5 Å². The minimum absolute atomic E-state index is 0.262. The van der Waals surface area contributed by atoms with Gasteiger partial charge in [-0.25, -0.2) is 18.9 Å². The number of nitrogens with zero attached hydrogens (tertiary/aromatic N) is 5. The summed E-state index contributed by atoms with van der Waals surface area (Å²) in [6.07, 6.45) is 0. The van der Waals surface area contributed by atoms with E-state index in [0.717, 1.165) is 10.2 Å². The summed E-state index contributed by atoms with van der Waals surface area (Å²) < 4.78 is 7.66. The number of rotatable bonds is 5. The molecule has 1 amide bonds. The number of amides is 1. The zero-order valence-electron chi connectivity index (χ0n) is 16.9. The number of benzene rings is 2. The summed E-state index contributed by atoms with van der Waals surface area (Å²) in [6.45, 7) is 1.55. The van der Waals surface area contributed by atoms with Gasteiger partial charge in [-0.15, -0.1) is 5.10 Å². The topological polar surface area (TPSA) is 114 Å². The molecule has 2 heterocycles. The van der Waals surface area contributed by atoms with E-state index in [1.807, 2.05) is 13.0 Å². The number of carbonyl (C=O) groups excluding carboxylic acids is 1. The molecule has 0 spiro atoms. The summed E-state index contributed by atoms with van der Waals surface area (Å²) in [7, 11) is 1.58. The van der Waals surface area contributed by atoms with Crippen molar-refractivity contribution in [2.24, 2.45) is 0 Å². The molecule has 154 valence electrons. The molecule has 0 radical (unpaired) electrons. The van der Waals surface area contributed by atoms with Crippen LogP contribution in [-0.2, 0) is 11.3 Å². The average Bonchev–Trinajstić information content (AvgIpc) is 3.08. The second-order valence-corrected chi connectivity index (χ2v) is 6.82. The van der Waals surface area contributed by atoms with Crippen molar-refractivity contribution in [1.82, 2.24) is 19.2 Å². The Morgan fingerprint density at radius 1 is 1.16 bits per heavy atom. The van der Waals surface area contributed by atoms with Gasteiger partial charge in [0.2, 0.25) is 5.91 Å². The molecule has 0 saturated carbocycles. The summed E-state index contributed by atoms with van der Waals surface area (Å²) in [6, 6.07) is 17.3. The van der Waals surface area contributed by atoms with Crippen LogP contribution in [0.3, 0.4) is 0 Å². The van der Waals surface area contributed by atoms with Crippen LogP contribution in [0.4, 0.5) is 5.69 Å². The fourth-order valence-electron chi connectivity index (χ4n) is 3.15. The first-order valence-corrected chi connectivity index (χ1v) is 9.40. The Hall–Kier alpha value is -4.45. The molecule has 0 fully saturated rings. The first-order valence-electron chi connectivity index (χ1n) is 9.40. The number of methoxy groups -OCH3 is 1. The number of hydrogen-bond acceptors (Lipinski definition) is 6. The molecule has 31 heavy (non-hydrogen) atoms. The van der Waals surface area contributed by atoms with Gasteiger partial charge in [0.15, 0.2) is 5.65 Å². The van der Waals surface area contributed by atoms with Crippen molar-refractivity contribution < 1.29 is 9.53 Å². The molecule has 9 nitrogen and oxygen atoms in total. The highest BCUT2D eigenvalue weighted by Gasteiger charge is 2.16. The van der Waals surface area contributed by atoms with E-state index < -0.39 is 11.6 Å². The molecule has 0 aliphatic rings. The van der Waals surface area contributed by atoms with Crippen LogP contribution in [0.5, 0.6) is 5.75 Å². The van der Waals surface area contributed by atoms with E-state index in [2.05, 4.69) is 15.4 Å². The highest BCUT2D eigenvalue weighted by Crippen LogP contribution is 2.21. The van der Waals surface area contributed by atoms with Gasteiger partial charge >= 0.3 is 5.69 Å². The molecule has 0 saturated heterocycles. The first kappa shape index (κ1) is 19.8. The third-order valence-electron chi connectivity index (χ3n) is 4.64. The standard InChI is InChI=1S/C22H18N6O3/c1-14-11-19-26-27(13-20(29)25-17-7-3-15(12-23)4-8-17)22(30)28(19)21(24-14)16-5-9-18(31-2)10-6-16/h3-11H,13H2,1-2H3,(H,25,29). The van der Waals surface area contributed by atoms with Crippen molar-refractivity contribution in [2.45, 2.75) is 13.5 Å². The molecule has 0 bridgehead atoms. The maximum atomic E-state index is 13.0. The SMILES string of the molecule is COc1ccc(-c2nc(C)cc3nn(CC(=O)Nc4ccc(C#N)cc4)c(=O)n23)cc1. The molecular formula is C22H18N6O3. The minimum atomic E-state index is -0.469. The fourth-order valence-corrected chi connectivity index (χ4v) is 3.15. The lowest BCUT2D eigenvalue weighted by molar-refractivity contribution is -0.117. The second kappa shape index (κ2) is 8.12. The highest BCUT2D eigenvalue weighted by atomic mass is 16.5. The molecule has 0 atom stereocenters. The Balaban J connectivity index is 1.66.